The third-order valence-corrected chi connectivity index (χ3v) is 3.56. The molecular formula is C10H16. The third-order valence-electron chi connectivity index (χ3n) is 3.56. The predicted octanol–water partition coefficient (Wildman–Crippen LogP) is 3.00. The van der Waals surface area contributed by atoms with Crippen LogP contribution in [0, 0.1) is 16.7 Å². The van der Waals surface area contributed by atoms with E-state index in [9.17, 15) is 0 Å². The lowest BCUT2D eigenvalue weighted by Crippen LogP contribution is -2.39. The van der Waals surface area contributed by atoms with Gasteiger partial charge in [-0.25, -0.2) is 0 Å². The number of hydrogen-bond donors (Lipinski definition) is 0. The van der Waals surface area contributed by atoms with Crippen LogP contribution < -0.4 is 0 Å². The SMILES string of the molecule is CC1(C)C=C[C@]2(C)CC[C@H]12. The smallest absolute Gasteiger partial charge is 0.0110 e. The molecule has 0 N–H and O–H groups in total. The van der Waals surface area contributed by atoms with Crippen LogP contribution in [0.5, 0.6) is 0 Å². The van der Waals surface area contributed by atoms with Gasteiger partial charge in [0.15, 0.2) is 0 Å². The molecule has 0 aliphatic heterocycles. The zero-order valence-electron chi connectivity index (χ0n) is 7.15. The summed E-state index contributed by atoms with van der Waals surface area (Å²) in [5.41, 5.74) is 1.08. The molecule has 1 saturated carbocycles. The lowest BCUT2D eigenvalue weighted by Gasteiger charge is -2.47. The summed E-state index contributed by atoms with van der Waals surface area (Å²) in [6.07, 6.45) is 7.69. The molecule has 0 aromatic heterocycles. The van der Waals surface area contributed by atoms with Gasteiger partial charge >= 0.3 is 0 Å². The van der Waals surface area contributed by atoms with Crippen LogP contribution in [-0.2, 0) is 0 Å². The Balaban J connectivity index is 2.30. The maximum Gasteiger partial charge on any atom is -0.0110 e. The van der Waals surface area contributed by atoms with Gasteiger partial charge in [0.05, 0.1) is 0 Å². The quantitative estimate of drug-likeness (QED) is 0.449. The van der Waals surface area contributed by atoms with Crippen LogP contribution in [0.25, 0.3) is 0 Å². The minimum Gasteiger partial charge on any atom is -0.0820 e. The first-order chi connectivity index (χ1) is 4.55. The van der Waals surface area contributed by atoms with Crippen LogP contribution >= 0.6 is 0 Å². The van der Waals surface area contributed by atoms with Crippen LogP contribution in [0.2, 0.25) is 0 Å². The van der Waals surface area contributed by atoms with Crippen molar-refractivity contribution in [3.63, 3.8) is 0 Å². The highest BCUT2D eigenvalue weighted by molar-refractivity contribution is 5.21. The van der Waals surface area contributed by atoms with E-state index in [-0.39, 0.29) is 0 Å². The van der Waals surface area contributed by atoms with Gasteiger partial charge < -0.3 is 0 Å². The van der Waals surface area contributed by atoms with E-state index in [2.05, 4.69) is 32.9 Å². The second kappa shape index (κ2) is 1.49. The van der Waals surface area contributed by atoms with Crippen LogP contribution in [0.4, 0.5) is 0 Å². The second-order valence-electron chi connectivity index (χ2n) is 4.75. The van der Waals surface area contributed by atoms with Crippen molar-refractivity contribution >= 4 is 0 Å². The molecule has 2 atom stereocenters. The monoisotopic (exact) mass is 136 g/mol. The molecule has 0 radical (unpaired) electrons. The summed E-state index contributed by atoms with van der Waals surface area (Å²) in [5, 5.41) is 0. The van der Waals surface area contributed by atoms with Gasteiger partial charge in [-0.05, 0) is 29.6 Å². The molecular weight excluding hydrogens is 120 g/mol. The van der Waals surface area contributed by atoms with E-state index in [4.69, 9.17) is 0 Å². The van der Waals surface area contributed by atoms with Crippen LogP contribution in [0.3, 0.4) is 0 Å². The fourth-order valence-electron chi connectivity index (χ4n) is 2.69. The molecule has 0 nitrogen and oxygen atoms in total. The van der Waals surface area contributed by atoms with Crippen molar-refractivity contribution < 1.29 is 0 Å². The molecule has 0 aromatic rings. The van der Waals surface area contributed by atoms with Crippen molar-refractivity contribution in [2.75, 3.05) is 0 Å². The molecule has 0 heteroatoms. The zero-order chi connectivity index (χ0) is 7.41. The highest BCUT2D eigenvalue weighted by atomic mass is 14.6. The zero-order valence-corrected chi connectivity index (χ0v) is 7.15. The molecule has 0 bridgehead atoms. The predicted molar refractivity (Wildman–Crippen MR) is 43.8 cm³/mol. The van der Waals surface area contributed by atoms with Crippen LogP contribution in [-0.4, -0.2) is 0 Å². The second-order valence-corrected chi connectivity index (χ2v) is 4.75. The number of hydrogen-bond acceptors (Lipinski definition) is 0. The Morgan fingerprint density at radius 2 is 1.90 bits per heavy atom. The Morgan fingerprint density at radius 3 is 2.10 bits per heavy atom. The summed E-state index contributed by atoms with van der Waals surface area (Å²) in [7, 11) is 0. The summed E-state index contributed by atoms with van der Waals surface area (Å²) in [6.45, 7) is 7.11. The number of rotatable bonds is 0. The number of fused-ring (bicyclic) bond motifs is 1. The first-order valence-corrected chi connectivity index (χ1v) is 4.25. The molecule has 2 rings (SSSR count). The van der Waals surface area contributed by atoms with Gasteiger partial charge in [0, 0.05) is 0 Å². The van der Waals surface area contributed by atoms with Crippen LogP contribution in [0.1, 0.15) is 33.6 Å². The Hall–Kier alpha value is -0.260. The summed E-state index contributed by atoms with van der Waals surface area (Å²) >= 11 is 0. The summed E-state index contributed by atoms with van der Waals surface area (Å²) in [4.78, 5) is 0. The summed E-state index contributed by atoms with van der Waals surface area (Å²) < 4.78 is 0. The van der Waals surface area contributed by atoms with Crippen LogP contribution in [0.15, 0.2) is 12.2 Å². The standard InChI is InChI=1S/C10H16/c1-9(2)6-7-10(3)5-4-8(9)10/h6-8H,4-5H2,1-3H3/t8-,10+/m1/s1. The molecule has 0 unspecified atom stereocenters. The van der Waals surface area contributed by atoms with Gasteiger partial charge in [-0.15, -0.1) is 0 Å². The van der Waals surface area contributed by atoms with Gasteiger partial charge in [-0.1, -0.05) is 32.9 Å². The van der Waals surface area contributed by atoms with Gasteiger partial charge in [-0.3, -0.25) is 0 Å². The molecule has 0 spiro atoms. The Labute approximate surface area is 63.3 Å². The van der Waals surface area contributed by atoms with Gasteiger partial charge in [0.2, 0.25) is 0 Å². The van der Waals surface area contributed by atoms with E-state index >= 15 is 0 Å². The minimum atomic E-state index is 0.493. The molecule has 2 aliphatic rings. The summed E-state index contributed by atoms with van der Waals surface area (Å²) in [6, 6.07) is 0. The maximum atomic E-state index is 2.43. The Morgan fingerprint density at radius 1 is 1.20 bits per heavy atom. The topological polar surface area (TPSA) is 0 Å². The molecule has 56 valence electrons. The molecule has 1 fully saturated rings. The number of allylic oxidation sites excluding steroid dienone is 2. The third kappa shape index (κ3) is 0.574. The molecule has 0 amide bonds. The molecule has 2 aliphatic carbocycles. The lowest BCUT2D eigenvalue weighted by atomic mass is 9.57. The molecule has 0 saturated heterocycles. The van der Waals surface area contributed by atoms with E-state index in [0.717, 1.165) is 5.92 Å². The Kier molecular flexibility index (Phi) is 0.962. The van der Waals surface area contributed by atoms with Crippen molar-refractivity contribution in [1.82, 2.24) is 0 Å². The van der Waals surface area contributed by atoms with E-state index in [1.165, 1.54) is 12.8 Å². The normalized spacial score (nSPS) is 48.5. The van der Waals surface area contributed by atoms with Gasteiger partial charge in [0.25, 0.3) is 0 Å². The molecule has 0 aromatic carbocycles. The Bertz CT molecular complexity index is 175. The van der Waals surface area contributed by atoms with E-state index in [0.29, 0.717) is 10.8 Å². The van der Waals surface area contributed by atoms with Crippen molar-refractivity contribution in [1.29, 1.82) is 0 Å². The lowest BCUT2D eigenvalue weighted by molar-refractivity contribution is 0.0474. The highest BCUT2D eigenvalue weighted by Gasteiger charge is 2.51. The first-order valence-electron chi connectivity index (χ1n) is 4.25. The van der Waals surface area contributed by atoms with Gasteiger partial charge in [0.1, 0.15) is 0 Å². The van der Waals surface area contributed by atoms with Crippen molar-refractivity contribution in [2.24, 2.45) is 16.7 Å². The first kappa shape index (κ1) is 6.45. The van der Waals surface area contributed by atoms with E-state index in [1.54, 1.807) is 0 Å². The largest absolute Gasteiger partial charge is 0.0820 e. The van der Waals surface area contributed by atoms with E-state index < -0.39 is 0 Å². The van der Waals surface area contributed by atoms with Gasteiger partial charge in [-0.2, -0.15) is 0 Å². The average molecular weight is 136 g/mol. The maximum absolute atomic E-state index is 2.43. The van der Waals surface area contributed by atoms with E-state index in [1.807, 2.05) is 0 Å². The molecule has 0 heterocycles. The highest BCUT2D eigenvalue weighted by Crippen LogP contribution is 2.60. The fraction of sp³-hybridized carbons (Fsp3) is 0.800. The van der Waals surface area contributed by atoms with Crippen molar-refractivity contribution in [2.45, 2.75) is 33.6 Å². The molecule has 10 heavy (non-hydrogen) atoms. The summed E-state index contributed by atoms with van der Waals surface area (Å²) in [5.74, 6) is 0.944. The fourth-order valence-corrected chi connectivity index (χ4v) is 2.69. The minimum absolute atomic E-state index is 0.493. The van der Waals surface area contributed by atoms with Crippen molar-refractivity contribution in [3.8, 4) is 0 Å². The van der Waals surface area contributed by atoms with Crippen molar-refractivity contribution in [3.05, 3.63) is 12.2 Å². The average Bonchev–Trinajstić information content (AvgIpc) is 1.90.